The van der Waals surface area contributed by atoms with E-state index in [1.54, 1.807) is 6.92 Å². The summed E-state index contributed by atoms with van der Waals surface area (Å²) in [5.74, 6) is -0.910. The molecule has 2 amide bonds. The van der Waals surface area contributed by atoms with Crippen LogP contribution in [0.1, 0.15) is 18.9 Å². The topological polar surface area (TPSA) is 98.2 Å². The van der Waals surface area contributed by atoms with Gasteiger partial charge in [0.1, 0.15) is 6.04 Å². The number of hydrogen-bond acceptors (Lipinski definition) is 3. The van der Waals surface area contributed by atoms with Crippen LogP contribution in [0.4, 0.5) is 0 Å². The average molecular weight is 249 g/mol. The van der Waals surface area contributed by atoms with Gasteiger partial charge in [0.25, 0.3) is 0 Å². The van der Waals surface area contributed by atoms with Gasteiger partial charge in [-0.3, -0.25) is 9.59 Å². The third-order valence-electron chi connectivity index (χ3n) is 2.72. The molecule has 0 aliphatic carbocycles. The first kappa shape index (κ1) is 14.2. The van der Waals surface area contributed by atoms with Crippen LogP contribution in [-0.4, -0.2) is 23.9 Å². The molecule has 0 saturated heterocycles. The van der Waals surface area contributed by atoms with Crippen LogP contribution in [0, 0.1) is 0 Å². The minimum Gasteiger partial charge on any atom is -0.368 e. The highest BCUT2D eigenvalue weighted by molar-refractivity contribution is 5.89. The third kappa shape index (κ3) is 4.18. The number of amides is 2. The molecule has 1 rings (SSSR count). The van der Waals surface area contributed by atoms with Gasteiger partial charge in [-0.2, -0.15) is 0 Å². The van der Waals surface area contributed by atoms with Crippen molar-refractivity contribution in [2.45, 2.75) is 31.8 Å². The van der Waals surface area contributed by atoms with E-state index in [-0.39, 0.29) is 5.91 Å². The van der Waals surface area contributed by atoms with Crippen LogP contribution in [0.25, 0.3) is 0 Å². The lowest BCUT2D eigenvalue weighted by Crippen LogP contribution is -2.51. The zero-order chi connectivity index (χ0) is 13.5. The van der Waals surface area contributed by atoms with Crippen LogP contribution in [-0.2, 0) is 16.0 Å². The van der Waals surface area contributed by atoms with E-state index >= 15 is 0 Å². The summed E-state index contributed by atoms with van der Waals surface area (Å²) in [6, 6.07) is 8.04. The van der Waals surface area contributed by atoms with Crippen molar-refractivity contribution in [1.29, 1.82) is 0 Å². The van der Waals surface area contributed by atoms with Crippen molar-refractivity contribution in [3.05, 3.63) is 35.9 Å². The van der Waals surface area contributed by atoms with Crippen LogP contribution in [0.15, 0.2) is 30.3 Å². The lowest BCUT2D eigenvalue weighted by atomic mass is 10.0. The fourth-order valence-electron chi connectivity index (χ4n) is 1.54. The summed E-state index contributed by atoms with van der Waals surface area (Å²) in [5, 5.41) is 2.58. The van der Waals surface area contributed by atoms with E-state index in [0.717, 1.165) is 5.56 Å². The molecular weight excluding hydrogens is 230 g/mol. The third-order valence-corrected chi connectivity index (χ3v) is 2.72. The van der Waals surface area contributed by atoms with E-state index in [1.807, 2.05) is 30.3 Å². The summed E-state index contributed by atoms with van der Waals surface area (Å²) < 4.78 is 0. The molecule has 0 aliphatic rings. The first-order valence-electron chi connectivity index (χ1n) is 5.93. The molecule has 0 radical (unpaired) electrons. The Morgan fingerprint density at radius 2 is 1.89 bits per heavy atom. The molecule has 0 spiro atoms. The molecule has 5 N–H and O–H groups in total. The maximum atomic E-state index is 11.6. The summed E-state index contributed by atoms with van der Waals surface area (Å²) >= 11 is 0. The molecule has 0 aromatic heterocycles. The predicted octanol–water partition coefficient (Wildman–Crippen LogP) is -0.0635. The van der Waals surface area contributed by atoms with Gasteiger partial charge in [-0.15, -0.1) is 0 Å². The van der Waals surface area contributed by atoms with Crippen LogP contribution in [0.2, 0.25) is 0 Å². The zero-order valence-electron chi connectivity index (χ0n) is 10.4. The van der Waals surface area contributed by atoms with Crippen molar-refractivity contribution < 1.29 is 9.59 Å². The average Bonchev–Trinajstić information content (AvgIpc) is 2.37. The molecule has 5 nitrogen and oxygen atoms in total. The van der Waals surface area contributed by atoms with Gasteiger partial charge in [0.05, 0.1) is 6.04 Å². The molecule has 2 unspecified atom stereocenters. The minimum absolute atomic E-state index is 0.350. The van der Waals surface area contributed by atoms with E-state index in [4.69, 9.17) is 11.5 Å². The quantitative estimate of drug-likeness (QED) is 0.658. The van der Waals surface area contributed by atoms with Gasteiger partial charge in [-0.05, 0) is 12.0 Å². The smallest absolute Gasteiger partial charge is 0.240 e. The Balaban J connectivity index is 2.67. The highest BCUT2D eigenvalue weighted by Crippen LogP contribution is 2.03. The highest BCUT2D eigenvalue weighted by atomic mass is 16.2. The van der Waals surface area contributed by atoms with Crippen LogP contribution in [0.3, 0.4) is 0 Å². The molecule has 0 bridgehead atoms. The number of carbonyl (C=O) groups excluding carboxylic acids is 2. The summed E-state index contributed by atoms with van der Waals surface area (Å²) in [6.07, 6.45) is 0.890. The molecule has 1 aromatic carbocycles. The molecule has 1 aromatic rings. The maximum absolute atomic E-state index is 11.6. The fourth-order valence-corrected chi connectivity index (χ4v) is 1.54. The van der Waals surface area contributed by atoms with Crippen molar-refractivity contribution in [3.63, 3.8) is 0 Å². The lowest BCUT2D eigenvalue weighted by molar-refractivity contribution is -0.128. The minimum atomic E-state index is -0.725. The van der Waals surface area contributed by atoms with Crippen molar-refractivity contribution >= 4 is 11.8 Å². The Bertz CT molecular complexity index is 406. The SMILES string of the molecule is CCC(N)C(=O)NC(Cc1ccccc1)C(N)=O. The Labute approximate surface area is 107 Å². The Morgan fingerprint density at radius 3 is 2.39 bits per heavy atom. The second-order valence-electron chi connectivity index (χ2n) is 4.17. The number of nitrogens with one attached hydrogen (secondary N) is 1. The monoisotopic (exact) mass is 249 g/mol. The lowest BCUT2D eigenvalue weighted by Gasteiger charge is -2.17. The molecule has 0 saturated carbocycles. The second kappa shape index (κ2) is 6.76. The summed E-state index contributed by atoms with van der Waals surface area (Å²) in [6.45, 7) is 1.81. The van der Waals surface area contributed by atoms with Gasteiger partial charge in [-0.25, -0.2) is 0 Å². The molecular formula is C13H19N3O2. The van der Waals surface area contributed by atoms with Gasteiger partial charge in [0, 0.05) is 6.42 Å². The highest BCUT2D eigenvalue weighted by Gasteiger charge is 2.21. The normalized spacial score (nSPS) is 13.7. The van der Waals surface area contributed by atoms with E-state index in [9.17, 15) is 9.59 Å². The van der Waals surface area contributed by atoms with E-state index in [2.05, 4.69) is 5.32 Å². The van der Waals surface area contributed by atoms with E-state index in [0.29, 0.717) is 12.8 Å². The molecule has 2 atom stereocenters. The van der Waals surface area contributed by atoms with Gasteiger partial charge in [-0.1, -0.05) is 37.3 Å². The van der Waals surface area contributed by atoms with Crippen molar-refractivity contribution in [1.82, 2.24) is 5.32 Å². The van der Waals surface area contributed by atoms with Gasteiger partial charge in [0.2, 0.25) is 11.8 Å². The largest absolute Gasteiger partial charge is 0.368 e. The number of carbonyl (C=O) groups is 2. The maximum Gasteiger partial charge on any atom is 0.240 e. The number of rotatable bonds is 6. The van der Waals surface area contributed by atoms with Gasteiger partial charge >= 0.3 is 0 Å². The zero-order valence-corrected chi connectivity index (χ0v) is 10.4. The number of hydrogen-bond donors (Lipinski definition) is 3. The van der Waals surface area contributed by atoms with Gasteiger partial charge < -0.3 is 16.8 Å². The van der Waals surface area contributed by atoms with Crippen LogP contribution < -0.4 is 16.8 Å². The molecule has 5 heteroatoms. The van der Waals surface area contributed by atoms with Crippen LogP contribution in [0.5, 0.6) is 0 Å². The number of primary amides is 1. The van der Waals surface area contributed by atoms with E-state index in [1.165, 1.54) is 0 Å². The molecule has 0 aliphatic heterocycles. The summed E-state index contributed by atoms with van der Waals surface area (Å²) in [5.41, 5.74) is 11.8. The first-order valence-corrected chi connectivity index (χ1v) is 5.93. The predicted molar refractivity (Wildman–Crippen MR) is 69.5 cm³/mol. The number of benzene rings is 1. The molecule has 98 valence electrons. The Morgan fingerprint density at radius 1 is 1.28 bits per heavy atom. The summed E-state index contributed by atoms with van der Waals surface area (Å²) in [7, 11) is 0. The van der Waals surface area contributed by atoms with Gasteiger partial charge in [0.15, 0.2) is 0 Å². The molecule has 0 heterocycles. The second-order valence-corrected chi connectivity index (χ2v) is 4.17. The Kier molecular flexibility index (Phi) is 5.32. The van der Waals surface area contributed by atoms with Crippen LogP contribution >= 0.6 is 0 Å². The molecule has 0 fully saturated rings. The standard InChI is InChI=1S/C13H19N3O2/c1-2-10(14)13(18)16-11(12(15)17)8-9-6-4-3-5-7-9/h3-7,10-11H,2,8,14H2,1H3,(H2,15,17)(H,16,18). The number of nitrogens with two attached hydrogens (primary N) is 2. The first-order chi connectivity index (χ1) is 8.54. The van der Waals surface area contributed by atoms with Crippen molar-refractivity contribution in [2.24, 2.45) is 11.5 Å². The summed E-state index contributed by atoms with van der Waals surface area (Å²) in [4.78, 5) is 23.0. The fraction of sp³-hybridized carbons (Fsp3) is 0.385. The Hall–Kier alpha value is -1.88. The van der Waals surface area contributed by atoms with Crippen molar-refractivity contribution in [3.8, 4) is 0 Å². The van der Waals surface area contributed by atoms with Crippen molar-refractivity contribution in [2.75, 3.05) is 0 Å². The van der Waals surface area contributed by atoms with E-state index < -0.39 is 18.0 Å². The molecule has 18 heavy (non-hydrogen) atoms.